The average molecular weight is 522 g/mol. The smallest absolute Gasteiger partial charge is 0.273 e. The van der Waals surface area contributed by atoms with Crippen LogP contribution >= 0.6 is 27.5 Å². The number of rotatable bonds is 4. The van der Waals surface area contributed by atoms with Gasteiger partial charge in [-0.1, -0.05) is 45.7 Å². The van der Waals surface area contributed by atoms with Crippen LogP contribution < -0.4 is 0 Å². The van der Waals surface area contributed by atoms with Crippen molar-refractivity contribution in [3.8, 4) is 22.6 Å². The molecule has 0 aliphatic rings. The summed E-state index contributed by atoms with van der Waals surface area (Å²) in [6.07, 6.45) is -4.50. The second kappa shape index (κ2) is 8.33. The Morgan fingerprint density at radius 1 is 0.844 bits per heavy atom. The van der Waals surface area contributed by atoms with Gasteiger partial charge in [0.05, 0.1) is 27.8 Å². The molecule has 0 saturated carbocycles. The van der Waals surface area contributed by atoms with E-state index >= 15 is 0 Å². The minimum atomic E-state index is -4.50. The van der Waals surface area contributed by atoms with E-state index in [1.165, 1.54) is 0 Å². The first kappa shape index (κ1) is 22.5. The fraction of sp³-hybridized carbons (Fsp3) is 0.174. The van der Waals surface area contributed by atoms with Crippen molar-refractivity contribution in [1.82, 2.24) is 20.2 Å². The van der Waals surface area contributed by atoms with Crippen LogP contribution in [-0.4, -0.2) is 20.2 Å². The van der Waals surface area contributed by atoms with Crippen LogP contribution in [0.4, 0.5) is 13.2 Å². The number of nitrogens with one attached hydrogen (secondary N) is 1. The van der Waals surface area contributed by atoms with Crippen LogP contribution in [-0.2, 0) is 11.6 Å². The van der Waals surface area contributed by atoms with Gasteiger partial charge < -0.3 is 0 Å². The average Bonchev–Trinajstić information content (AvgIpc) is 3.25. The lowest BCUT2D eigenvalue weighted by atomic mass is 9.84. The molecule has 4 rings (SSSR count). The molecule has 0 bridgehead atoms. The fourth-order valence-electron chi connectivity index (χ4n) is 3.28. The van der Waals surface area contributed by atoms with Gasteiger partial charge in [0.1, 0.15) is 11.4 Å². The fourth-order valence-corrected chi connectivity index (χ4v) is 4.06. The van der Waals surface area contributed by atoms with E-state index in [2.05, 4.69) is 26.0 Å². The topological polar surface area (TPSA) is 54.5 Å². The van der Waals surface area contributed by atoms with Gasteiger partial charge in [-0.25, -0.2) is 0 Å². The molecule has 9 heteroatoms. The lowest BCUT2D eigenvalue weighted by molar-refractivity contribution is -0.141. The predicted octanol–water partition coefficient (Wildman–Crippen LogP) is 7.29. The number of aromatic amines is 1. The molecule has 1 aromatic carbocycles. The van der Waals surface area contributed by atoms with E-state index in [9.17, 15) is 13.2 Å². The lowest BCUT2D eigenvalue weighted by Crippen LogP contribution is -2.22. The van der Waals surface area contributed by atoms with Crippen LogP contribution in [0.1, 0.15) is 30.9 Å². The maximum Gasteiger partial charge on any atom is 0.432 e. The van der Waals surface area contributed by atoms with Crippen molar-refractivity contribution >= 4 is 27.5 Å². The molecule has 3 heterocycles. The Kier molecular flexibility index (Phi) is 5.85. The van der Waals surface area contributed by atoms with Gasteiger partial charge in [-0.05, 0) is 56.3 Å². The first-order valence-corrected chi connectivity index (χ1v) is 10.8. The lowest BCUT2D eigenvalue weighted by Gasteiger charge is -2.24. The van der Waals surface area contributed by atoms with Crippen molar-refractivity contribution in [3.63, 3.8) is 0 Å². The van der Waals surface area contributed by atoms with E-state index in [4.69, 9.17) is 16.6 Å². The van der Waals surface area contributed by atoms with Crippen molar-refractivity contribution in [2.75, 3.05) is 0 Å². The van der Waals surface area contributed by atoms with Crippen LogP contribution in [0.5, 0.6) is 0 Å². The molecule has 0 aliphatic heterocycles. The number of H-pyrrole nitrogens is 1. The minimum absolute atomic E-state index is 0.123. The highest BCUT2D eigenvalue weighted by Gasteiger charge is 2.33. The summed E-state index contributed by atoms with van der Waals surface area (Å²) in [7, 11) is 0. The maximum absolute atomic E-state index is 12.9. The molecule has 0 fully saturated rings. The minimum Gasteiger partial charge on any atom is -0.273 e. The molecule has 4 nitrogen and oxygen atoms in total. The Hall–Kier alpha value is -2.71. The number of pyridine rings is 2. The number of hydrogen-bond acceptors (Lipinski definition) is 3. The molecule has 0 unspecified atom stereocenters. The van der Waals surface area contributed by atoms with Gasteiger partial charge in [0.15, 0.2) is 0 Å². The summed E-state index contributed by atoms with van der Waals surface area (Å²) in [6.45, 7) is 3.92. The zero-order valence-corrected chi connectivity index (χ0v) is 19.3. The zero-order valence-electron chi connectivity index (χ0n) is 17.0. The second-order valence-electron chi connectivity index (χ2n) is 7.73. The Morgan fingerprint density at radius 2 is 1.47 bits per heavy atom. The Labute approximate surface area is 196 Å². The molecule has 0 atom stereocenters. The van der Waals surface area contributed by atoms with E-state index in [-0.39, 0.29) is 5.69 Å². The molecule has 0 amide bonds. The van der Waals surface area contributed by atoms with E-state index < -0.39 is 17.3 Å². The van der Waals surface area contributed by atoms with E-state index in [0.717, 1.165) is 21.8 Å². The summed E-state index contributed by atoms with van der Waals surface area (Å²) in [5, 5.41) is 6.37. The van der Waals surface area contributed by atoms with Gasteiger partial charge >= 0.3 is 6.18 Å². The first-order valence-electron chi connectivity index (χ1n) is 9.59. The molecule has 0 aliphatic carbocycles. The second-order valence-corrected chi connectivity index (χ2v) is 9.05. The normalized spacial score (nSPS) is 12.2. The molecular weight excluding hydrogens is 505 g/mol. The maximum atomic E-state index is 12.9. The molecule has 4 aromatic rings. The SMILES string of the molecule is CC(C)(c1cccc(-c2cc(C(F)(F)F)[nH]n2)n1)c1cccc(-c2ccc(Br)cc2Cl)n1. The Morgan fingerprint density at radius 3 is 2.06 bits per heavy atom. The predicted molar refractivity (Wildman–Crippen MR) is 121 cm³/mol. The summed E-state index contributed by atoms with van der Waals surface area (Å²) in [5.74, 6) is 0. The monoisotopic (exact) mass is 520 g/mol. The molecule has 164 valence electrons. The molecule has 3 aromatic heterocycles. The van der Waals surface area contributed by atoms with Crippen LogP contribution in [0.25, 0.3) is 22.6 Å². The van der Waals surface area contributed by atoms with Crippen molar-refractivity contribution in [2.45, 2.75) is 25.4 Å². The third-order valence-electron chi connectivity index (χ3n) is 5.13. The number of benzene rings is 1. The summed E-state index contributed by atoms with van der Waals surface area (Å²) >= 11 is 9.80. The molecule has 0 spiro atoms. The summed E-state index contributed by atoms with van der Waals surface area (Å²) in [4.78, 5) is 9.41. The van der Waals surface area contributed by atoms with Crippen molar-refractivity contribution in [3.05, 3.63) is 87.2 Å². The first-order chi connectivity index (χ1) is 15.1. The van der Waals surface area contributed by atoms with E-state index in [1.807, 2.05) is 55.3 Å². The highest BCUT2D eigenvalue weighted by Crippen LogP contribution is 2.35. The van der Waals surface area contributed by atoms with E-state index in [0.29, 0.717) is 22.1 Å². The quantitative estimate of drug-likeness (QED) is 0.307. The van der Waals surface area contributed by atoms with Gasteiger partial charge in [-0.3, -0.25) is 15.1 Å². The van der Waals surface area contributed by atoms with Crippen molar-refractivity contribution in [2.24, 2.45) is 0 Å². The van der Waals surface area contributed by atoms with Crippen LogP contribution in [0, 0.1) is 0 Å². The number of aromatic nitrogens is 4. The molecule has 0 saturated heterocycles. The standard InChI is InChI=1S/C23H17BrClF3N4/c1-22(2,19-7-3-5-16(29-19)14-10-9-13(24)11-15(14)25)20-8-4-6-17(30-20)18-12-21(32-31-18)23(26,27)28/h3-12H,1-2H3,(H,31,32). The molecule has 1 N–H and O–H groups in total. The van der Waals surface area contributed by atoms with Crippen molar-refractivity contribution < 1.29 is 13.2 Å². The van der Waals surface area contributed by atoms with Gasteiger partial charge in [0.2, 0.25) is 0 Å². The molecular formula is C23H17BrClF3N4. The summed E-state index contributed by atoms with van der Waals surface area (Å²) in [6, 6.07) is 17.4. The number of hydrogen-bond donors (Lipinski definition) is 1. The Bertz CT molecular complexity index is 1280. The largest absolute Gasteiger partial charge is 0.432 e. The zero-order chi connectivity index (χ0) is 23.1. The highest BCUT2D eigenvalue weighted by atomic mass is 79.9. The summed E-state index contributed by atoms with van der Waals surface area (Å²) in [5.41, 5.74) is 1.83. The van der Waals surface area contributed by atoms with Crippen molar-refractivity contribution in [1.29, 1.82) is 0 Å². The third-order valence-corrected chi connectivity index (χ3v) is 5.94. The third kappa shape index (κ3) is 4.42. The number of nitrogens with zero attached hydrogens (tertiary/aromatic N) is 3. The van der Waals surface area contributed by atoms with Gasteiger partial charge in [0, 0.05) is 15.5 Å². The van der Waals surface area contributed by atoms with Crippen LogP contribution in [0.3, 0.4) is 0 Å². The molecule has 0 radical (unpaired) electrons. The number of alkyl halides is 3. The summed E-state index contributed by atoms with van der Waals surface area (Å²) < 4.78 is 39.6. The van der Waals surface area contributed by atoms with Crippen LogP contribution in [0.2, 0.25) is 5.02 Å². The number of halogens is 5. The highest BCUT2D eigenvalue weighted by molar-refractivity contribution is 9.10. The van der Waals surface area contributed by atoms with Crippen LogP contribution in [0.15, 0.2) is 65.1 Å². The van der Waals surface area contributed by atoms with Gasteiger partial charge in [-0.2, -0.15) is 18.3 Å². The van der Waals surface area contributed by atoms with E-state index in [1.54, 1.807) is 18.2 Å². The molecule has 32 heavy (non-hydrogen) atoms. The van der Waals surface area contributed by atoms with Gasteiger partial charge in [0.25, 0.3) is 0 Å². The Balaban J connectivity index is 1.71. The van der Waals surface area contributed by atoms with Gasteiger partial charge in [-0.15, -0.1) is 0 Å².